The second kappa shape index (κ2) is 5.69. The first-order chi connectivity index (χ1) is 8.67. The highest BCUT2D eigenvalue weighted by Crippen LogP contribution is 2.27. The predicted molar refractivity (Wildman–Crippen MR) is 76.1 cm³/mol. The molecule has 0 aliphatic heterocycles. The molecule has 96 valence electrons. The van der Waals surface area contributed by atoms with Gasteiger partial charge in [-0.3, -0.25) is 4.79 Å². The van der Waals surface area contributed by atoms with Gasteiger partial charge in [0.15, 0.2) is 0 Å². The fraction of sp³-hybridized carbons (Fsp3) is 0.308. The van der Waals surface area contributed by atoms with Gasteiger partial charge in [0, 0.05) is 26.6 Å². The molecule has 0 aliphatic carbocycles. The van der Waals surface area contributed by atoms with E-state index in [1.807, 2.05) is 13.0 Å². The lowest BCUT2D eigenvalue weighted by atomic mass is 10.1. The molecule has 1 aromatic carbocycles. The van der Waals surface area contributed by atoms with Crippen LogP contribution in [-0.2, 0) is 22.4 Å². The summed E-state index contributed by atoms with van der Waals surface area (Å²) in [5.41, 5.74) is 2.48. The van der Waals surface area contributed by atoms with Gasteiger partial charge in [-0.05, 0) is 46.7 Å². The SMILES string of the molecule is CCc1cc2c(I)c(CCOC=O)[nH]c2cc1F. The van der Waals surface area contributed by atoms with E-state index in [0.29, 0.717) is 25.9 Å². The second-order valence-electron chi connectivity index (χ2n) is 3.98. The molecule has 2 aromatic rings. The number of ether oxygens (including phenoxy) is 1. The van der Waals surface area contributed by atoms with E-state index in [2.05, 4.69) is 32.3 Å². The Hall–Kier alpha value is -1.11. The topological polar surface area (TPSA) is 42.1 Å². The van der Waals surface area contributed by atoms with Gasteiger partial charge < -0.3 is 9.72 Å². The van der Waals surface area contributed by atoms with Crippen molar-refractivity contribution < 1.29 is 13.9 Å². The first kappa shape index (κ1) is 13.3. The maximum Gasteiger partial charge on any atom is 0.293 e. The summed E-state index contributed by atoms with van der Waals surface area (Å²) in [6.45, 7) is 2.70. The number of halogens is 2. The molecular weight excluding hydrogens is 348 g/mol. The highest BCUT2D eigenvalue weighted by molar-refractivity contribution is 14.1. The molecule has 1 N–H and O–H groups in total. The molecule has 0 spiro atoms. The zero-order valence-corrected chi connectivity index (χ0v) is 12.1. The number of carbonyl (C=O) groups excluding carboxylic acids is 1. The summed E-state index contributed by atoms with van der Waals surface area (Å²) in [4.78, 5) is 13.3. The molecule has 1 aromatic heterocycles. The number of aromatic nitrogens is 1. The van der Waals surface area contributed by atoms with Crippen LogP contribution in [0.25, 0.3) is 10.9 Å². The predicted octanol–water partition coefficient (Wildman–Crippen LogP) is 3.19. The van der Waals surface area contributed by atoms with Crippen LogP contribution in [0.4, 0.5) is 4.39 Å². The van der Waals surface area contributed by atoms with Gasteiger partial charge in [0.05, 0.1) is 6.61 Å². The highest BCUT2D eigenvalue weighted by atomic mass is 127. The smallest absolute Gasteiger partial charge is 0.293 e. The van der Waals surface area contributed by atoms with Gasteiger partial charge in [0.2, 0.25) is 0 Å². The largest absolute Gasteiger partial charge is 0.467 e. The summed E-state index contributed by atoms with van der Waals surface area (Å²) in [5.74, 6) is -0.182. The molecule has 1 heterocycles. The fourth-order valence-corrected chi connectivity index (χ4v) is 2.79. The average molecular weight is 361 g/mol. The van der Waals surface area contributed by atoms with Crippen molar-refractivity contribution in [3.05, 3.63) is 32.8 Å². The molecule has 0 amide bonds. The number of fused-ring (bicyclic) bond motifs is 1. The van der Waals surface area contributed by atoms with Crippen LogP contribution < -0.4 is 0 Å². The lowest BCUT2D eigenvalue weighted by molar-refractivity contribution is -0.128. The van der Waals surface area contributed by atoms with Crippen LogP contribution in [0, 0.1) is 9.39 Å². The van der Waals surface area contributed by atoms with E-state index in [4.69, 9.17) is 0 Å². The zero-order chi connectivity index (χ0) is 13.1. The molecule has 0 saturated heterocycles. The number of H-pyrrole nitrogens is 1. The van der Waals surface area contributed by atoms with Crippen LogP contribution in [0.5, 0.6) is 0 Å². The van der Waals surface area contributed by atoms with Gasteiger partial charge in [-0.25, -0.2) is 4.39 Å². The third kappa shape index (κ3) is 2.50. The first-order valence-corrected chi connectivity index (χ1v) is 6.79. The van der Waals surface area contributed by atoms with Gasteiger partial charge in [-0.2, -0.15) is 0 Å². The fourth-order valence-electron chi connectivity index (χ4n) is 1.94. The van der Waals surface area contributed by atoms with Crippen molar-refractivity contribution in [1.82, 2.24) is 4.98 Å². The van der Waals surface area contributed by atoms with E-state index in [1.165, 1.54) is 6.07 Å². The van der Waals surface area contributed by atoms with Crippen LogP contribution in [0.15, 0.2) is 12.1 Å². The minimum Gasteiger partial charge on any atom is -0.467 e. The number of hydrogen-bond donors (Lipinski definition) is 1. The summed E-state index contributed by atoms with van der Waals surface area (Å²) in [6, 6.07) is 3.41. The number of aryl methyl sites for hydroxylation is 1. The van der Waals surface area contributed by atoms with Crippen molar-refractivity contribution in [2.45, 2.75) is 19.8 Å². The van der Waals surface area contributed by atoms with Gasteiger partial charge in [-0.15, -0.1) is 0 Å². The molecule has 0 radical (unpaired) electrons. The van der Waals surface area contributed by atoms with Gasteiger partial charge >= 0.3 is 0 Å². The minimum atomic E-state index is -0.182. The van der Waals surface area contributed by atoms with Crippen LogP contribution in [-0.4, -0.2) is 18.1 Å². The molecule has 0 atom stereocenters. The second-order valence-corrected chi connectivity index (χ2v) is 5.06. The third-order valence-electron chi connectivity index (χ3n) is 2.89. The number of nitrogens with one attached hydrogen (secondary N) is 1. The number of aromatic amines is 1. The molecule has 18 heavy (non-hydrogen) atoms. The Balaban J connectivity index is 2.39. The van der Waals surface area contributed by atoms with Crippen LogP contribution in [0.3, 0.4) is 0 Å². The van der Waals surface area contributed by atoms with E-state index < -0.39 is 0 Å². The molecule has 5 heteroatoms. The first-order valence-electron chi connectivity index (χ1n) is 5.71. The third-order valence-corrected chi connectivity index (χ3v) is 4.12. The summed E-state index contributed by atoms with van der Waals surface area (Å²) < 4.78 is 19.4. The minimum absolute atomic E-state index is 0.182. The summed E-state index contributed by atoms with van der Waals surface area (Å²) >= 11 is 2.23. The van der Waals surface area contributed by atoms with Crippen LogP contribution in [0.2, 0.25) is 0 Å². The zero-order valence-electron chi connectivity index (χ0n) is 9.93. The van der Waals surface area contributed by atoms with Crippen molar-refractivity contribution in [1.29, 1.82) is 0 Å². The van der Waals surface area contributed by atoms with E-state index >= 15 is 0 Å². The Labute approximate surface area is 118 Å². The maximum absolute atomic E-state index is 13.7. The Bertz CT molecular complexity index is 580. The van der Waals surface area contributed by atoms with Crippen molar-refractivity contribution in [3.8, 4) is 0 Å². The monoisotopic (exact) mass is 361 g/mol. The maximum atomic E-state index is 13.7. The average Bonchev–Trinajstić information content (AvgIpc) is 2.65. The lowest BCUT2D eigenvalue weighted by Crippen LogP contribution is -1.98. The Kier molecular flexibility index (Phi) is 4.21. The molecular formula is C13H13FINO2. The Morgan fingerprint density at radius 1 is 1.50 bits per heavy atom. The summed E-state index contributed by atoms with van der Waals surface area (Å²) in [7, 11) is 0. The van der Waals surface area contributed by atoms with Crippen molar-refractivity contribution in [3.63, 3.8) is 0 Å². The van der Waals surface area contributed by atoms with E-state index in [9.17, 15) is 9.18 Å². The Morgan fingerprint density at radius 3 is 2.94 bits per heavy atom. The van der Waals surface area contributed by atoms with Crippen LogP contribution >= 0.6 is 22.6 Å². The lowest BCUT2D eigenvalue weighted by Gasteiger charge is -1.99. The number of rotatable bonds is 5. The van der Waals surface area contributed by atoms with Gasteiger partial charge in [-0.1, -0.05) is 6.92 Å². The molecule has 0 fully saturated rings. The van der Waals surface area contributed by atoms with Crippen molar-refractivity contribution >= 4 is 40.0 Å². The molecule has 0 aliphatic rings. The molecule has 2 rings (SSSR count). The highest BCUT2D eigenvalue weighted by Gasteiger charge is 2.12. The van der Waals surface area contributed by atoms with Crippen molar-refractivity contribution in [2.75, 3.05) is 6.61 Å². The molecule has 3 nitrogen and oxygen atoms in total. The van der Waals surface area contributed by atoms with Crippen molar-refractivity contribution in [2.24, 2.45) is 0 Å². The Morgan fingerprint density at radius 2 is 2.28 bits per heavy atom. The summed E-state index contributed by atoms with van der Waals surface area (Å²) in [5, 5.41) is 1.02. The number of benzene rings is 1. The standard InChI is InChI=1S/C13H13FINO2/c1-2-8-5-9-12(6-10(8)14)16-11(13(9)15)3-4-18-7-17/h5-7,16H,2-4H2,1H3. The molecule has 0 unspecified atom stereocenters. The van der Waals surface area contributed by atoms with E-state index in [1.54, 1.807) is 0 Å². The number of hydrogen-bond acceptors (Lipinski definition) is 2. The van der Waals surface area contributed by atoms with Crippen LogP contribution in [0.1, 0.15) is 18.2 Å². The molecule has 0 saturated carbocycles. The number of carbonyl (C=O) groups is 1. The van der Waals surface area contributed by atoms with E-state index in [-0.39, 0.29) is 5.82 Å². The summed E-state index contributed by atoms with van der Waals surface area (Å²) in [6.07, 6.45) is 1.28. The normalized spacial score (nSPS) is 10.8. The van der Waals surface area contributed by atoms with E-state index in [0.717, 1.165) is 25.7 Å². The van der Waals surface area contributed by atoms with Gasteiger partial charge in [0.25, 0.3) is 6.47 Å². The molecule has 0 bridgehead atoms. The van der Waals surface area contributed by atoms with Gasteiger partial charge in [0.1, 0.15) is 5.82 Å². The quantitative estimate of drug-likeness (QED) is 0.505.